The highest BCUT2D eigenvalue weighted by molar-refractivity contribution is 6.12. The molecule has 0 fully saturated rings. The van der Waals surface area contributed by atoms with Crippen molar-refractivity contribution in [1.82, 2.24) is 4.98 Å². The first kappa shape index (κ1) is 13.1. The molecule has 0 spiro atoms. The van der Waals surface area contributed by atoms with Crippen LogP contribution in [0.4, 0.5) is 5.69 Å². The van der Waals surface area contributed by atoms with Gasteiger partial charge in [0, 0.05) is 33.9 Å². The van der Waals surface area contributed by atoms with Crippen LogP contribution in [0.15, 0.2) is 54.7 Å². The summed E-state index contributed by atoms with van der Waals surface area (Å²) in [4.78, 5) is 26.7. The molecule has 3 rings (SSSR count). The summed E-state index contributed by atoms with van der Waals surface area (Å²) in [5, 5.41) is 3.73. The summed E-state index contributed by atoms with van der Waals surface area (Å²) in [6.07, 6.45) is 1.81. The summed E-state index contributed by atoms with van der Waals surface area (Å²) >= 11 is 0. The van der Waals surface area contributed by atoms with Crippen molar-refractivity contribution in [1.29, 1.82) is 0 Å². The van der Waals surface area contributed by atoms with Crippen molar-refractivity contribution >= 4 is 28.3 Å². The van der Waals surface area contributed by atoms with Crippen LogP contribution in [0.5, 0.6) is 0 Å². The van der Waals surface area contributed by atoms with Gasteiger partial charge in [-0.05, 0) is 49.4 Å². The van der Waals surface area contributed by atoms with Crippen molar-refractivity contribution in [3.63, 3.8) is 0 Å². The van der Waals surface area contributed by atoms with Gasteiger partial charge in [-0.15, -0.1) is 0 Å². The molecule has 2 aromatic carbocycles. The van der Waals surface area contributed by atoms with Gasteiger partial charge in [0.05, 0.1) is 0 Å². The number of aromatic amines is 1. The Hall–Kier alpha value is -2.88. The lowest BCUT2D eigenvalue weighted by atomic mass is 10.1. The number of anilines is 1. The summed E-state index contributed by atoms with van der Waals surface area (Å²) < 4.78 is 0. The van der Waals surface area contributed by atoms with Crippen LogP contribution in [0.25, 0.3) is 10.9 Å². The molecule has 0 unspecified atom stereocenters. The van der Waals surface area contributed by atoms with Gasteiger partial charge in [-0.2, -0.15) is 0 Å². The first-order valence-electron chi connectivity index (χ1n) is 6.63. The van der Waals surface area contributed by atoms with Gasteiger partial charge in [0.2, 0.25) is 0 Å². The molecular weight excluding hydrogens is 264 g/mol. The quantitative estimate of drug-likeness (QED) is 0.719. The second-order valence-corrected chi connectivity index (χ2v) is 4.83. The number of hydrogen-bond donors (Lipinski definition) is 2. The van der Waals surface area contributed by atoms with E-state index in [1.54, 1.807) is 30.3 Å². The van der Waals surface area contributed by atoms with Crippen LogP contribution < -0.4 is 5.32 Å². The van der Waals surface area contributed by atoms with E-state index >= 15 is 0 Å². The van der Waals surface area contributed by atoms with E-state index in [9.17, 15) is 9.59 Å². The Morgan fingerprint density at radius 3 is 2.48 bits per heavy atom. The number of benzene rings is 2. The average Bonchev–Trinajstić information content (AvgIpc) is 2.96. The van der Waals surface area contributed by atoms with E-state index in [4.69, 9.17) is 0 Å². The number of hydrogen-bond acceptors (Lipinski definition) is 2. The van der Waals surface area contributed by atoms with E-state index in [0.29, 0.717) is 16.8 Å². The van der Waals surface area contributed by atoms with Gasteiger partial charge in [0.15, 0.2) is 5.78 Å². The van der Waals surface area contributed by atoms with E-state index in [2.05, 4.69) is 10.3 Å². The first-order valence-corrected chi connectivity index (χ1v) is 6.63. The fourth-order valence-electron chi connectivity index (χ4n) is 2.27. The molecule has 0 radical (unpaired) electrons. The van der Waals surface area contributed by atoms with Crippen LogP contribution in [0, 0.1) is 0 Å². The molecular formula is C17H14N2O2. The Morgan fingerprint density at radius 1 is 1.00 bits per heavy atom. The van der Waals surface area contributed by atoms with E-state index in [-0.39, 0.29) is 11.7 Å². The zero-order valence-corrected chi connectivity index (χ0v) is 11.5. The van der Waals surface area contributed by atoms with Crippen molar-refractivity contribution in [3.8, 4) is 0 Å². The maximum atomic E-state index is 12.4. The summed E-state index contributed by atoms with van der Waals surface area (Å²) in [5.41, 5.74) is 2.83. The number of ketones is 1. The predicted octanol–water partition coefficient (Wildman–Crippen LogP) is 3.62. The van der Waals surface area contributed by atoms with Gasteiger partial charge in [-0.1, -0.05) is 6.07 Å². The number of H-pyrrole nitrogens is 1. The van der Waals surface area contributed by atoms with Crippen LogP contribution in [-0.2, 0) is 0 Å². The van der Waals surface area contributed by atoms with Crippen molar-refractivity contribution in [3.05, 3.63) is 65.9 Å². The molecule has 0 bridgehead atoms. The highest BCUT2D eigenvalue weighted by Gasteiger charge is 2.10. The SMILES string of the molecule is CC(=O)c1ccc(NC(=O)c2cccc3[nH]ccc23)cc1. The maximum Gasteiger partial charge on any atom is 0.256 e. The molecule has 0 atom stereocenters. The van der Waals surface area contributed by atoms with E-state index in [1.165, 1.54) is 6.92 Å². The molecule has 0 aliphatic rings. The number of carbonyl (C=O) groups is 2. The summed E-state index contributed by atoms with van der Waals surface area (Å²) in [7, 11) is 0. The molecule has 0 saturated carbocycles. The Kier molecular flexibility index (Phi) is 3.28. The number of aromatic nitrogens is 1. The standard InChI is InChI=1S/C17H14N2O2/c1-11(20)12-5-7-13(8-6-12)19-17(21)15-3-2-4-16-14(15)9-10-18-16/h2-10,18H,1H3,(H,19,21). The predicted molar refractivity (Wildman–Crippen MR) is 82.7 cm³/mol. The van der Waals surface area contributed by atoms with Gasteiger partial charge in [-0.3, -0.25) is 9.59 Å². The third-order valence-electron chi connectivity index (χ3n) is 3.39. The molecule has 4 heteroatoms. The minimum atomic E-state index is -0.171. The molecule has 4 nitrogen and oxygen atoms in total. The van der Waals surface area contributed by atoms with Gasteiger partial charge in [0.25, 0.3) is 5.91 Å². The van der Waals surface area contributed by atoms with Crippen LogP contribution >= 0.6 is 0 Å². The maximum absolute atomic E-state index is 12.4. The summed E-state index contributed by atoms with van der Waals surface area (Å²) in [6.45, 7) is 1.51. The fraction of sp³-hybridized carbons (Fsp3) is 0.0588. The van der Waals surface area contributed by atoms with Crippen molar-refractivity contribution in [2.45, 2.75) is 6.92 Å². The van der Waals surface area contributed by atoms with Gasteiger partial charge in [-0.25, -0.2) is 0 Å². The molecule has 0 aliphatic heterocycles. The topological polar surface area (TPSA) is 62.0 Å². The van der Waals surface area contributed by atoms with Crippen LogP contribution in [0.2, 0.25) is 0 Å². The third-order valence-corrected chi connectivity index (χ3v) is 3.39. The molecule has 0 saturated heterocycles. The van der Waals surface area contributed by atoms with Crippen LogP contribution in [-0.4, -0.2) is 16.7 Å². The number of amides is 1. The van der Waals surface area contributed by atoms with Gasteiger partial charge >= 0.3 is 0 Å². The van der Waals surface area contributed by atoms with Gasteiger partial charge < -0.3 is 10.3 Å². The smallest absolute Gasteiger partial charge is 0.256 e. The molecule has 21 heavy (non-hydrogen) atoms. The normalized spacial score (nSPS) is 10.5. The number of fused-ring (bicyclic) bond motifs is 1. The lowest BCUT2D eigenvalue weighted by Gasteiger charge is -2.07. The minimum absolute atomic E-state index is 0.00460. The molecule has 0 aliphatic carbocycles. The van der Waals surface area contributed by atoms with E-state index in [0.717, 1.165) is 10.9 Å². The second kappa shape index (κ2) is 5.25. The highest BCUT2D eigenvalue weighted by atomic mass is 16.1. The number of nitrogens with one attached hydrogen (secondary N) is 2. The molecule has 2 N–H and O–H groups in total. The van der Waals surface area contributed by atoms with Crippen molar-refractivity contribution in [2.75, 3.05) is 5.32 Å². The third kappa shape index (κ3) is 2.56. The van der Waals surface area contributed by atoms with Gasteiger partial charge in [0.1, 0.15) is 0 Å². The lowest BCUT2D eigenvalue weighted by Crippen LogP contribution is -2.12. The summed E-state index contributed by atoms with van der Waals surface area (Å²) in [6, 6.07) is 14.3. The summed E-state index contributed by atoms with van der Waals surface area (Å²) in [5.74, 6) is -0.166. The fourth-order valence-corrected chi connectivity index (χ4v) is 2.27. The monoisotopic (exact) mass is 278 g/mol. The Morgan fingerprint density at radius 2 is 1.76 bits per heavy atom. The van der Waals surface area contributed by atoms with Crippen molar-refractivity contribution < 1.29 is 9.59 Å². The number of rotatable bonds is 3. The Labute approximate surface area is 121 Å². The van der Waals surface area contributed by atoms with E-state index in [1.807, 2.05) is 24.4 Å². The molecule has 1 aromatic heterocycles. The molecule has 1 amide bonds. The first-order chi connectivity index (χ1) is 10.1. The number of Topliss-reactive ketones (excluding diaryl/α,β-unsaturated/α-hetero) is 1. The van der Waals surface area contributed by atoms with Crippen molar-refractivity contribution in [2.24, 2.45) is 0 Å². The van der Waals surface area contributed by atoms with E-state index < -0.39 is 0 Å². The zero-order valence-electron chi connectivity index (χ0n) is 11.5. The largest absolute Gasteiger partial charge is 0.361 e. The second-order valence-electron chi connectivity index (χ2n) is 4.83. The van der Waals surface area contributed by atoms with Crippen LogP contribution in [0.1, 0.15) is 27.6 Å². The molecule has 104 valence electrons. The highest BCUT2D eigenvalue weighted by Crippen LogP contribution is 2.19. The van der Waals surface area contributed by atoms with Crippen LogP contribution in [0.3, 0.4) is 0 Å². The zero-order chi connectivity index (χ0) is 14.8. The minimum Gasteiger partial charge on any atom is -0.361 e. The number of carbonyl (C=O) groups excluding carboxylic acids is 2. The molecule has 3 aromatic rings. The lowest BCUT2D eigenvalue weighted by molar-refractivity contribution is 0.101. The Balaban J connectivity index is 1.86. The average molecular weight is 278 g/mol. The Bertz CT molecular complexity index is 816. The molecule has 1 heterocycles.